The van der Waals surface area contributed by atoms with E-state index in [9.17, 15) is 14.7 Å². The van der Waals surface area contributed by atoms with Crippen LogP contribution in [0, 0.1) is 0 Å². The van der Waals surface area contributed by atoms with Crippen molar-refractivity contribution in [2.24, 2.45) is 0 Å². The molecule has 0 aromatic carbocycles. The SMILES string of the molecule is CC1c2scc(C(=O)[O-])c2CCN1C(=O)c1cnc2ccccn12. The van der Waals surface area contributed by atoms with E-state index in [0.717, 1.165) is 16.1 Å². The Kier molecular flexibility index (Phi) is 3.38. The van der Waals surface area contributed by atoms with Gasteiger partial charge < -0.3 is 14.8 Å². The second-order valence-electron chi connectivity index (χ2n) is 5.78. The van der Waals surface area contributed by atoms with Crippen molar-refractivity contribution in [1.29, 1.82) is 0 Å². The highest BCUT2D eigenvalue weighted by Gasteiger charge is 2.32. The van der Waals surface area contributed by atoms with Crippen LogP contribution in [0.5, 0.6) is 0 Å². The van der Waals surface area contributed by atoms with Crippen molar-refractivity contribution in [2.75, 3.05) is 6.54 Å². The van der Waals surface area contributed by atoms with Crippen molar-refractivity contribution < 1.29 is 14.7 Å². The molecular formula is C17H14N3O3S-. The lowest BCUT2D eigenvalue weighted by atomic mass is 9.98. The number of pyridine rings is 1. The smallest absolute Gasteiger partial charge is 0.273 e. The van der Waals surface area contributed by atoms with E-state index in [1.807, 2.05) is 31.3 Å². The van der Waals surface area contributed by atoms with Gasteiger partial charge in [0, 0.05) is 28.6 Å². The number of hydrogen-bond acceptors (Lipinski definition) is 5. The molecule has 122 valence electrons. The number of imidazole rings is 1. The van der Waals surface area contributed by atoms with Crippen LogP contribution in [0.15, 0.2) is 36.0 Å². The standard InChI is InChI=1S/C17H15N3O3S/c1-10-15-11(12(9-24-15)17(22)23)5-7-19(10)16(21)13-8-18-14-4-2-3-6-20(13)14/h2-4,6,8-10H,5,7H2,1H3,(H,22,23)/p-1. The Hall–Kier alpha value is -2.67. The van der Waals surface area contributed by atoms with Crippen LogP contribution >= 0.6 is 11.3 Å². The van der Waals surface area contributed by atoms with Gasteiger partial charge in [0.25, 0.3) is 5.91 Å². The molecule has 0 saturated heterocycles. The molecule has 3 aromatic rings. The van der Waals surface area contributed by atoms with Crippen LogP contribution in [0.3, 0.4) is 0 Å². The number of aromatic nitrogens is 2. The van der Waals surface area contributed by atoms with Crippen molar-refractivity contribution >= 4 is 28.9 Å². The average Bonchev–Trinajstić information content (AvgIpc) is 3.19. The average molecular weight is 340 g/mol. The summed E-state index contributed by atoms with van der Waals surface area (Å²) in [5, 5.41) is 12.8. The lowest BCUT2D eigenvalue weighted by molar-refractivity contribution is -0.255. The van der Waals surface area contributed by atoms with Gasteiger partial charge >= 0.3 is 0 Å². The number of fused-ring (bicyclic) bond motifs is 2. The molecule has 1 unspecified atom stereocenters. The highest BCUT2D eigenvalue weighted by atomic mass is 32.1. The molecule has 0 N–H and O–H groups in total. The summed E-state index contributed by atoms with van der Waals surface area (Å²) in [4.78, 5) is 31.1. The third-order valence-electron chi connectivity index (χ3n) is 4.49. The molecule has 7 heteroatoms. The van der Waals surface area contributed by atoms with Gasteiger partial charge in [-0.15, -0.1) is 11.3 Å². The fraction of sp³-hybridized carbons (Fsp3) is 0.235. The van der Waals surface area contributed by atoms with Crippen LogP contribution in [0.4, 0.5) is 0 Å². The maximum atomic E-state index is 13.0. The Morgan fingerprint density at radius 2 is 2.21 bits per heavy atom. The van der Waals surface area contributed by atoms with Gasteiger partial charge in [-0.2, -0.15) is 0 Å². The Balaban J connectivity index is 1.70. The number of carbonyl (C=O) groups is 2. The van der Waals surface area contributed by atoms with E-state index in [1.165, 1.54) is 11.3 Å². The zero-order chi connectivity index (χ0) is 16.8. The highest BCUT2D eigenvalue weighted by Crippen LogP contribution is 2.36. The van der Waals surface area contributed by atoms with Crippen LogP contribution in [0.25, 0.3) is 5.65 Å². The number of hydrogen-bond donors (Lipinski definition) is 0. The maximum absolute atomic E-state index is 13.0. The summed E-state index contributed by atoms with van der Waals surface area (Å²) in [6.07, 6.45) is 3.92. The molecule has 1 aliphatic rings. The zero-order valence-corrected chi connectivity index (χ0v) is 13.7. The first-order valence-electron chi connectivity index (χ1n) is 7.62. The summed E-state index contributed by atoms with van der Waals surface area (Å²) in [7, 11) is 0. The van der Waals surface area contributed by atoms with Gasteiger partial charge in [0.15, 0.2) is 0 Å². The summed E-state index contributed by atoms with van der Waals surface area (Å²) in [6, 6.07) is 5.40. The Bertz CT molecular complexity index is 959. The van der Waals surface area contributed by atoms with E-state index in [0.29, 0.717) is 18.7 Å². The van der Waals surface area contributed by atoms with Crippen molar-refractivity contribution in [2.45, 2.75) is 19.4 Å². The quantitative estimate of drug-likeness (QED) is 0.709. The summed E-state index contributed by atoms with van der Waals surface area (Å²) in [6.45, 7) is 2.40. The first-order chi connectivity index (χ1) is 11.6. The normalized spacial score (nSPS) is 17.0. The maximum Gasteiger partial charge on any atom is 0.273 e. The van der Waals surface area contributed by atoms with E-state index in [-0.39, 0.29) is 17.5 Å². The van der Waals surface area contributed by atoms with E-state index >= 15 is 0 Å². The molecule has 4 rings (SSSR count). The molecule has 4 heterocycles. The van der Waals surface area contributed by atoms with Crippen LogP contribution < -0.4 is 5.11 Å². The van der Waals surface area contributed by atoms with Crippen LogP contribution in [0.1, 0.15) is 44.3 Å². The number of aromatic carboxylic acids is 1. The summed E-state index contributed by atoms with van der Waals surface area (Å²) >= 11 is 1.37. The molecule has 0 saturated carbocycles. The number of amides is 1. The van der Waals surface area contributed by atoms with Crippen molar-refractivity contribution in [3.05, 3.63) is 57.7 Å². The van der Waals surface area contributed by atoms with Crippen molar-refractivity contribution in [3.8, 4) is 0 Å². The predicted molar refractivity (Wildman–Crippen MR) is 87.0 cm³/mol. The minimum Gasteiger partial charge on any atom is -0.545 e. The Labute approximate surface area is 142 Å². The molecule has 0 fully saturated rings. The topological polar surface area (TPSA) is 77.7 Å². The fourth-order valence-electron chi connectivity index (χ4n) is 3.26. The van der Waals surface area contributed by atoms with Gasteiger partial charge in [0.1, 0.15) is 11.3 Å². The van der Waals surface area contributed by atoms with E-state index in [1.54, 1.807) is 20.9 Å². The highest BCUT2D eigenvalue weighted by molar-refractivity contribution is 7.10. The number of carboxylic acid groups (broad SMARTS) is 1. The number of rotatable bonds is 2. The molecule has 6 nitrogen and oxygen atoms in total. The lowest BCUT2D eigenvalue weighted by Crippen LogP contribution is -2.39. The van der Waals surface area contributed by atoms with Gasteiger partial charge in [0.2, 0.25) is 0 Å². The largest absolute Gasteiger partial charge is 0.545 e. The first kappa shape index (κ1) is 14.9. The summed E-state index contributed by atoms with van der Waals surface area (Å²) in [5.74, 6) is -1.25. The molecule has 0 spiro atoms. The second-order valence-corrected chi connectivity index (χ2v) is 6.69. The van der Waals surface area contributed by atoms with Gasteiger partial charge in [-0.05, 0) is 31.0 Å². The number of nitrogens with zero attached hydrogens (tertiary/aromatic N) is 3. The molecule has 0 aliphatic carbocycles. The van der Waals surface area contributed by atoms with Gasteiger partial charge in [0.05, 0.1) is 18.2 Å². The molecule has 1 aliphatic heterocycles. The van der Waals surface area contributed by atoms with Crippen molar-refractivity contribution in [1.82, 2.24) is 14.3 Å². The van der Waals surface area contributed by atoms with Gasteiger partial charge in [-0.25, -0.2) is 4.98 Å². The van der Waals surface area contributed by atoms with Crippen molar-refractivity contribution in [3.63, 3.8) is 0 Å². The summed E-state index contributed by atoms with van der Waals surface area (Å²) in [5.41, 5.74) is 2.29. The van der Waals surface area contributed by atoms with E-state index in [4.69, 9.17) is 0 Å². The number of carboxylic acids is 1. The molecule has 3 aromatic heterocycles. The van der Waals surface area contributed by atoms with Gasteiger partial charge in [-0.1, -0.05) is 6.07 Å². The van der Waals surface area contributed by atoms with Crippen LogP contribution in [0.2, 0.25) is 0 Å². The second kappa shape index (κ2) is 5.45. The molecular weight excluding hydrogens is 326 g/mol. The lowest BCUT2D eigenvalue weighted by Gasteiger charge is -2.33. The molecule has 24 heavy (non-hydrogen) atoms. The van der Waals surface area contributed by atoms with Crippen LogP contribution in [-0.2, 0) is 6.42 Å². The Morgan fingerprint density at radius 1 is 1.38 bits per heavy atom. The number of carbonyl (C=O) groups excluding carboxylic acids is 2. The van der Waals surface area contributed by atoms with Gasteiger partial charge in [-0.3, -0.25) is 9.20 Å². The summed E-state index contributed by atoms with van der Waals surface area (Å²) < 4.78 is 1.77. The van der Waals surface area contributed by atoms with Crippen LogP contribution in [-0.4, -0.2) is 32.7 Å². The molecule has 1 amide bonds. The third-order valence-corrected chi connectivity index (χ3v) is 5.69. The minimum absolute atomic E-state index is 0.102. The minimum atomic E-state index is -1.15. The third kappa shape index (κ3) is 2.12. The number of thiophene rings is 1. The Morgan fingerprint density at radius 3 is 3.00 bits per heavy atom. The first-order valence-corrected chi connectivity index (χ1v) is 8.50. The molecule has 1 atom stereocenters. The zero-order valence-electron chi connectivity index (χ0n) is 12.9. The molecule has 0 radical (unpaired) electrons. The molecule has 0 bridgehead atoms. The van der Waals surface area contributed by atoms with E-state index < -0.39 is 5.97 Å². The monoisotopic (exact) mass is 340 g/mol. The van der Waals surface area contributed by atoms with E-state index in [2.05, 4.69) is 4.98 Å². The fourth-order valence-corrected chi connectivity index (χ4v) is 4.42. The predicted octanol–water partition coefficient (Wildman–Crippen LogP) is 1.52.